The van der Waals surface area contributed by atoms with Crippen LogP contribution in [0.4, 0.5) is 5.13 Å². The van der Waals surface area contributed by atoms with Gasteiger partial charge >= 0.3 is 0 Å². The Morgan fingerprint density at radius 1 is 1.16 bits per heavy atom. The van der Waals surface area contributed by atoms with Crippen LogP contribution >= 0.6 is 22.9 Å². The maximum Gasteiger partial charge on any atom is 0.264 e. The number of carbonyl (C=O) groups is 1. The summed E-state index contributed by atoms with van der Waals surface area (Å²) in [5, 5.41) is 5.78. The van der Waals surface area contributed by atoms with Gasteiger partial charge in [-0.3, -0.25) is 10.1 Å². The van der Waals surface area contributed by atoms with Crippen molar-refractivity contribution in [2.75, 3.05) is 19.0 Å². The number of thiazole rings is 1. The lowest BCUT2D eigenvalue weighted by molar-refractivity contribution is -0.118. The zero-order valence-electron chi connectivity index (χ0n) is 13.4. The molecule has 0 aliphatic heterocycles. The summed E-state index contributed by atoms with van der Waals surface area (Å²) < 4.78 is 10.7. The molecule has 1 aromatic heterocycles. The summed E-state index contributed by atoms with van der Waals surface area (Å²) in [5.74, 6) is 0.804. The Hall–Kier alpha value is -2.57. The van der Waals surface area contributed by atoms with Gasteiger partial charge in [0.15, 0.2) is 23.2 Å². The molecular formula is C18H15ClN2O3S. The van der Waals surface area contributed by atoms with E-state index in [9.17, 15) is 4.79 Å². The lowest BCUT2D eigenvalue weighted by atomic mass is 10.2. The van der Waals surface area contributed by atoms with Crippen LogP contribution in [-0.4, -0.2) is 24.6 Å². The highest BCUT2D eigenvalue weighted by molar-refractivity contribution is 7.14. The van der Waals surface area contributed by atoms with Crippen LogP contribution in [-0.2, 0) is 4.79 Å². The monoisotopic (exact) mass is 374 g/mol. The molecule has 0 bridgehead atoms. The van der Waals surface area contributed by atoms with Crippen LogP contribution in [0.3, 0.4) is 0 Å². The van der Waals surface area contributed by atoms with Crippen LogP contribution in [0.1, 0.15) is 0 Å². The number of benzene rings is 2. The standard InChI is InChI=1S/C18H15ClN2O3S/c1-23-15-4-2-3-5-16(15)24-10-17(22)21-18-20-14(11-25-18)12-6-8-13(19)9-7-12/h2-9,11H,10H2,1H3,(H,20,21,22). The number of methoxy groups -OCH3 is 1. The van der Waals surface area contributed by atoms with Crippen molar-refractivity contribution in [3.05, 3.63) is 58.9 Å². The first kappa shape index (κ1) is 17.3. The van der Waals surface area contributed by atoms with Crippen molar-refractivity contribution in [3.8, 4) is 22.8 Å². The Bertz CT molecular complexity index is 865. The van der Waals surface area contributed by atoms with E-state index < -0.39 is 0 Å². The average Bonchev–Trinajstić information content (AvgIpc) is 3.09. The fourth-order valence-electron chi connectivity index (χ4n) is 2.12. The summed E-state index contributed by atoms with van der Waals surface area (Å²) in [5.41, 5.74) is 1.72. The molecule has 0 saturated carbocycles. The number of amides is 1. The summed E-state index contributed by atoms with van der Waals surface area (Å²) in [6, 6.07) is 14.5. The fourth-order valence-corrected chi connectivity index (χ4v) is 2.98. The van der Waals surface area contributed by atoms with E-state index in [1.54, 1.807) is 31.4 Å². The lowest BCUT2D eigenvalue weighted by Gasteiger charge is -2.09. The number of aromatic nitrogens is 1. The van der Waals surface area contributed by atoms with Gasteiger partial charge in [0.1, 0.15) is 0 Å². The summed E-state index contributed by atoms with van der Waals surface area (Å²) in [6.45, 7) is -0.129. The molecular weight excluding hydrogens is 360 g/mol. The minimum atomic E-state index is -0.289. The number of nitrogens with one attached hydrogen (secondary N) is 1. The maximum atomic E-state index is 12.0. The van der Waals surface area contributed by atoms with Crippen molar-refractivity contribution < 1.29 is 14.3 Å². The first-order chi connectivity index (χ1) is 12.2. The molecule has 0 fully saturated rings. The Morgan fingerprint density at radius 2 is 1.88 bits per heavy atom. The van der Waals surface area contributed by atoms with Crippen molar-refractivity contribution in [2.24, 2.45) is 0 Å². The third kappa shape index (κ3) is 4.49. The van der Waals surface area contributed by atoms with Gasteiger partial charge < -0.3 is 9.47 Å². The van der Waals surface area contributed by atoms with E-state index in [0.717, 1.165) is 11.3 Å². The van der Waals surface area contributed by atoms with Crippen LogP contribution in [0, 0.1) is 0 Å². The Morgan fingerprint density at radius 3 is 2.60 bits per heavy atom. The van der Waals surface area contributed by atoms with Gasteiger partial charge in [0.05, 0.1) is 12.8 Å². The molecule has 5 nitrogen and oxygen atoms in total. The third-order valence-electron chi connectivity index (χ3n) is 3.32. The summed E-state index contributed by atoms with van der Waals surface area (Å²) in [7, 11) is 1.55. The predicted molar refractivity (Wildman–Crippen MR) is 99.7 cm³/mol. The Labute approximate surface area is 154 Å². The molecule has 3 aromatic rings. The minimum absolute atomic E-state index is 0.129. The van der Waals surface area contributed by atoms with Crippen molar-refractivity contribution in [1.29, 1.82) is 0 Å². The first-order valence-corrected chi connectivity index (χ1v) is 8.68. The van der Waals surface area contributed by atoms with Crippen molar-refractivity contribution in [2.45, 2.75) is 0 Å². The van der Waals surface area contributed by atoms with Crippen molar-refractivity contribution in [3.63, 3.8) is 0 Å². The zero-order chi connectivity index (χ0) is 17.6. The number of ether oxygens (including phenoxy) is 2. The molecule has 0 aliphatic rings. The summed E-state index contributed by atoms with van der Waals surface area (Å²) in [6.07, 6.45) is 0. The van der Waals surface area contributed by atoms with Crippen LogP contribution in [0.2, 0.25) is 5.02 Å². The van der Waals surface area contributed by atoms with Crippen molar-refractivity contribution >= 4 is 34.0 Å². The van der Waals surface area contributed by atoms with Gasteiger partial charge in [0.2, 0.25) is 0 Å². The number of para-hydroxylation sites is 2. The highest BCUT2D eigenvalue weighted by Gasteiger charge is 2.10. The van der Waals surface area contributed by atoms with E-state index in [1.807, 2.05) is 29.6 Å². The van der Waals surface area contributed by atoms with Gasteiger partial charge in [-0.25, -0.2) is 4.98 Å². The highest BCUT2D eigenvalue weighted by Crippen LogP contribution is 2.27. The van der Waals surface area contributed by atoms with Crippen LogP contribution in [0.25, 0.3) is 11.3 Å². The second-order valence-electron chi connectivity index (χ2n) is 5.03. The molecule has 2 aromatic carbocycles. The number of carbonyl (C=O) groups excluding carboxylic acids is 1. The Kier molecular flexibility index (Phi) is 5.53. The third-order valence-corrected chi connectivity index (χ3v) is 4.33. The van der Waals surface area contributed by atoms with E-state index in [0.29, 0.717) is 21.7 Å². The molecule has 0 unspecified atom stereocenters. The van der Waals surface area contributed by atoms with Gasteiger partial charge in [-0.15, -0.1) is 11.3 Å². The first-order valence-electron chi connectivity index (χ1n) is 7.43. The molecule has 0 radical (unpaired) electrons. The van der Waals surface area contributed by atoms with E-state index in [1.165, 1.54) is 11.3 Å². The molecule has 7 heteroatoms. The zero-order valence-corrected chi connectivity index (χ0v) is 14.9. The molecule has 1 heterocycles. The van der Waals surface area contributed by atoms with Gasteiger partial charge in [-0.1, -0.05) is 35.9 Å². The second-order valence-corrected chi connectivity index (χ2v) is 6.33. The second kappa shape index (κ2) is 8.00. The number of rotatable bonds is 6. The summed E-state index contributed by atoms with van der Waals surface area (Å²) in [4.78, 5) is 16.5. The number of halogens is 1. The number of nitrogens with zero attached hydrogens (tertiary/aromatic N) is 1. The van der Waals surface area contributed by atoms with Gasteiger partial charge in [-0.2, -0.15) is 0 Å². The Balaban J connectivity index is 1.59. The fraction of sp³-hybridized carbons (Fsp3) is 0.111. The SMILES string of the molecule is COc1ccccc1OCC(=O)Nc1nc(-c2ccc(Cl)cc2)cs1. The van der Waals surface area contributed by atoms with Crippen LogP contribution in [0.5, 0.6) is 11.5 Å². The largest absolute Gasteiger partial charge is 0.493 e. The summed E-state index contributed by atoms with van der Waals surface area (Å²) >= 11 is 7.23. The molecule has 0 aliphatic carbocycles. The number of anilines is 1. The molecule has 1 amide bonds. The smallest absolute Gasteiger partial charge is 0.264 e. The molecule has 25 heavy (non-hydrogen) atoms. The number of hydrogen-bond acceptors (Lipinski definition) is 5. The highest BCUT2D eigenvalue weighted by atomic mass is 35.5. The molecule has 128 valence electrons. The molecule has 0 atom stereocenters. The quantitative estimate of drug-likeness (QED) is 0.690. The topological polar surface area (TPSA) is 60.5 Å². The van der Waals surface area contributed by atoms with Gasteiger partial charge in [0, 0.05) is 16.0 Å². The van der Waals surface area contributed by atoms with Gasteiger partial charge in [-0.05, 0) is 24.3 Å². The van der Waals surface area contributed by atoms with Crippen molar-refractivity contribution in [1.82, 2.24) is 4.98 Å². The van der Waals surface area contributed by atoms with Crippen LogP contribution < -0.4 is 14.8 Å². The minimum Gasteiger partial charge on any atom is -0.493 e. The van der Waals surface area contributed by atoms with Crippen LogP contribution in [0.15, 0.2) is 53.9 Å². The van der Waals surface area contributed by atoms with E-state index in [-0.39, 0.29) is 12.5 Å². The molecule has 3 rings (SSSR count). The average molecular weight is 375 g/mol. The van der Waals surface area contributed by atoms with Gasteiger partial charge in [0.25, 0.3) is 5.91 Å². The van der Waals surface area contributed by atoms with E-state index in [2.05, 4.69) is 10.3 Å². The molecule has 0 spiro atoms. The maximum absolute atomic E-state index is 12.0. The lowest BCUT2D eigenvalue weighted by Crippen LogP contribution is -2.20. The molecule has 1 N–H and O–H groups in total. The van der Waals surface area contributed by atoms with E-state index >= 15 is 0 Å². The van der Waals surface area contributed by atoms with E-state index in [4.69, 9.17) is 21.1 Å². The normalized spacial score (nSPS) is 10.3. The molecule has 0 saturated heterocycles. The number of hydrogen-bond donors (Lipinski definition) is 1. The predicted octanol–water partition coefficient (Wildman–Crippen LogP) is 4.49.